The van der Waals surface area contributed by atoms with Gasteiger partial charge in [0, 0.05) is 37.1 Å². The van der Waals surface area contributed by atoms with E-state index in [1.807, 2.05) is 35.7 Å². The molecule has 2 aromatic rings. The molecule has 2 N–H and O–H groups in total. The van der Waals surface area contributed by atoms with Gasteiger partial charge >= 0.3 is 0 Å². The van der Waals surface area contributed by atoms with Crippen LogP contribution in [0.25, 0.3) is 11.3 Å². The van der Waals surface area contributed by atoms with Crippen LogP contribution >= 0.6 is 22.9 Å². The van der Waals surface area contributed by atoms with E-state index in [9.17, 15) is 0 Å². The zero-order valence-electron chi connectivity index (χ0n) is 10.0. The third-order valence-corrected chi connectivity index (χ3v) is 3.48. The Kier molecular flexibility index (Phi) is 5.61. The molecule has 0 bridgehead atoms. The molecule has 0 saturated carbocycles. The molecule has 1 aliphatic rings. The third kappa shape index (κ3) is 4.38. The first-order valence-corrected chi connectivity index (χ1v) is 7.20. The maximum atomic E-state index is 5.72. The van der Waals surface area contributed by atoms with Crippen molar-refractivity contribution in [2.75, 3.05) is 26.2 Å². The molecule has 5 heteroatoms. The van der Waals surface area contributed by atoms with Crippen LogP contribution in [0, 0.1) is 0 Å². The summed E-state index contributed by atoms with van der Waals surface area (Å²) in [6.07, 6.45) is 0. The van der Waals surface area contributed by atoms with Crippen molar-refractivity contribution in [3.63, 3.8) is 0 Å². The second-order valence-corrected chi connectivity index (χ2v) is 5.29. The van der Waals surface area contributed by atoms with E-state index >= 15 is 0 Å². The molecule has 1 saturated heterocycles. The van der Waals surface area contributed by atoms with Gasteiger partial charge < -0.3 is 10.6 Å². The van der Waals surface area contributed by atoms with Gasteiger partial charge in [-0.2, -0.15) is 0 Å². The van der Waals surface area contributed by atoms with E-state index in [-0.39, 0.29) is 0 Å². The van der Waals surface area contributed by atoms with Crippen molar-refractivity contribution in [3.05, 3.63) is 40.2 Å². The lowest BCUT2D eigenvalue weighted by Gasteiger charge is -2.11. The quantitative estimate of drug-likeness (QED) is 0.844. The molecule has 18 heavy (non-hydrogen) atoms. The average molecular weight is 282 g/mol. The number of hydrogen-bond acceptors (Lipinski definition) is 4. The van der Waals surface area contributed by atoms with Gasteiger partial charge in [0.15, 0.2) is 4.47 Å². The molecule has 0 atom stereocenters. The van der Waals surface area contributed by atoms with E-state index in [0.29, 0.717) is 4.47 Å². The lowest BCUT2D eigenvalue weighted by Crippen LogP contribution is -2.39. The van der Waals surface area contributed by atoms with Gasteiger partial charge in [-0.05, 0) is 0 Å². The first kappa shape index (κ1) is 13.5. The van der Waals surface area contributed by atoms with Gasteiger partial charge in [-0.3, -0.25) is 0 Å². The molecule has 3 rings (SSSR count). The van der Waals surface area contributed by atoms with Gasteiger partial charge in [-0.15, -0.1) is 11.3 Å². The Bertz CT molecular complexity index is 443. The van der Waals surface area contributed by atoms with Crippen molar-refractivity contribution in [1.29, 1.82) is 0 Å². The molecule has 0 spiro atoms. The van der Waals surface area contributed by atoms with Crippen LogP contribution in [0.4, 0.5) is 0 Å². The summed E-state index contributed by atoms with van der Waals surface area (Å²) in [5, 5.41) is 8.40. The molecule has 1 fully saturated rings. The Morgan fingerprint density at radius 2 is 1.61 bits per heavy atom. The summed E-state index contributed by atoms with van der Waals surface area (Å²) < 4.78 is 0.592. The lowest BCUT2D eigenvalue weighted by atomic mass is 10.2. The largest absolute Gasteiger partial charge is 0.314 e. The highest BCUT2D eigenvalue weighted by atomic mass is 35.5. The summed E-state index contributed by atoms with van der Waals surface area (Å²) in [4.78, 5) is 4.16. The van der Waals surface area contributed by atoms with E-state index in [0.717, 1.165) is 37.4 Å². The Labute approximate surface area is 116 Å². The minimum atomic E-state index is 0.592. The maximum Gasteiger partial charge on any atom is 0.184 e. The number of rotatable bonds is 1. The van der Waals surface area contributed by atoms with Crippen LogP contribution in [0.3, 0.4) is 0 Å². The van der Waals surface area contributed by atoms with Gasteiger partial charge in [0.2, 0.25) is 0 Å². The zero-order valence-corrected chi connectivity index (χ0v) is 11.6. The van der Waals surface area contributed by atoms with Crippen molar-refractivity contribution >= 4 is 22.9 Å². The summed E-state index contributed by atoms with van der Waals surface area (Å²) in [5.74, 6) is 0. The molecule has 2 heterocycles. The van der Waals surface area contributed by atoms with Crippen LogP contribution in [0.5, 0.6) is 0 Å². The number of aromatic nitrogens is 1. The van der Waals surface area contributed by atoms with E-state index in [4.69, 9.17) is 11.6 Å². The summed E-state index contributed by atoms with van der Waals surface area (Å²) >= 11 is 7.17. The Morgan fingerprint density at radius 1 is 1.00 bits per heavy atom. The highest BCUT2D eigenvalue weighted by Crippen LogP contribution is 2.23. The standard InChI is InChI=1S/C9H6ClNS.C4H10N2/c10-9-11-8(6-12-9)7-4-2-1-3-5-7;1-2-6-4-3-5-1/h1-6H;5-6H,1-4H2. The smallest absolute Gasteiger partial charge is 0.184 e. The van der Waals surface area contributed by atoms with Gasteiger partial charge in [-0.1, -0.05) is 41.9 Å². The second kappa shape index (κ2) is 7.48. The number of nitrogens with one attached hydrogen (secondary N) is 2. The molecular weight excluding hydrogens is 266 g/mol. The minimum Gasteiger partial charge on any atom is -0.314 e. The van der Waals surface area contributed by atoms with Crippen molar-refractivity contribution in [1.82, 2.24) is 15.6 Å². The van der Waals surface area contributed by atoms with E-state index in [1.165, 1.54) is 11.3 Å². The highest BCUT2D eigenvalue weighted by Gasteiger charge is 2.00. The first-order valence-electron chi connectivity index (χ1n) is 5.94. The normalized spacial score (nSPS) is 14.7. The van der Waals surface area contributed by atoms with E-state index in [1.54, 1.807) is 0 Å². The Hall–Kier alpha value is -0.940. The summed E-state index contributed by atoms with van der Waals surface area (Å²) in [6, 6.07) is 10.00. The van der Waals surface area contributed by atoms with Crippen molar-refractivity contribution < 1.29 is 0 Å². The molecule has 0 radical (unpaired) electrons. The molecule has 1 aromatic carbocycles. The topological polar surface area (TPSA) is 37.0 Å². The molecular formula is C13H16ClN3S. The third-order valence-electron chi connectivity index (χ3n) is 2.50. The monoisotopic (exact) mass is 281 g/mol. The molecule has 0 unspecified atom stereocenters. The molecule has 1 aliphatic heterocycles. The number of halogens is 1. The summed E-state index contributed by atoms with van der Waals surface area (Å²) in [5.41, 5.74) is 2.06. The van der Waals surface area contributed by atoms with Gasteiger partial charge in [0.1, 0.15) is 0 Å². The summed E-state index contributed by atoms with van der Waals surface area (Å²) in [7, 11) is 0. The van der Waals surface area contributed by atoms with Crippen LogP contribution in [0.15, 0.2) is 35.7 Å². The number of thiazole rings is 1. The first-order chi connectivity index (χ1) is 8.86. The number of piperazine rings is 1. The van der Waals surface area contributed by atoms with Crippen LogP contribution in [-0.2, 0) is 0 Å². The highest BCUT2D eigenvalue weighted by molar-refractivity contribution is 7.14. The van der Waals surface area contributed by atoms with Gasteiger partial charge in [0.25, 0.3) is 0 Å². The average Bonchev–Trinajstić information content (AvgIpc) is 2.89. The van der Waals surface area contributed by atoms with Gasteiger partial charge in [-0.25, -0.2) is 4.98 Å². The van der Waals surface area contributed by atoms with Crippen molar-refractivity contribution in [2.24, 2.45) is 0 Å². The van der Waals surface area contributed by atoms with E-state index < -0.39 is 0 Å². The van der Waals surface area contributed by atoms with Crippen LogP contribution < -0.4 is 10.6 Å². The minimum absolute atomic E-state index is 0.592. The number of nitrogens with zero attached hydrogens (tertiary/aromatic N) is 1. The van der Waals surface area contributed by atoms with Crippen LogP contribution in [0.1, 0.15) is 0 Å². The molecule has 3 nitrogen and oxygen atoms in total. The number of benzene rings is 1. The lowest BCUT2D eigenvalue weighted by molar-refractivity contribution is 0.534. The van der Waals surface area contributed by atoms with Crippen LogP contribution in [-0.4, -0.2) is 31.2 Å². The van der Waals surface area contributed by atoms with Crippen molar-refractivity contribution in [2.45, 2.75) is 0 Å². The van der Waals surface area contributed by atoms with Crippen LogP contribution in [0.2, 0.25) is 4.47 Å². The fraction of sp³-hybridized carbons (Fsp3) is 0.308. The molecule has 0 amide bonds. The predicted octanol–water partition coefficient (Wildman–Crippen LogP) is 2.64. The fourth-order valence-corrected chi connectivity index (χ4v) is 2.37. The number of hydrogen-bond donors (Lipinski definition) is 2. The van der Waals surface area contributed by atoms with Gasteiger partial charge in [0.05, 0.1) is 5.69 Å². The second-order valence-electron chi connectivity index (χ2n) is 3.85. The molecule has 1 aromatic heterocycles. The molecule has 0 aliphatic carbocycles. The Morgan fingerprint density at radius 3 is 2.06 bits per heavy atom. The zero-order chi connectivity index (χ0) is 12.6. The molecule has 96 valence electrons. The van der Waals surface area contributed by atoms with Crippen molar-refractivity contribution in [3.8, 4) is 11.3 Å². The Balaban J connectivity index is 0.000000169. The SMILES string of the molecule is C1CNCCN1.Clc1nc(-c2ccccc2)cs1. The van der Waals surface area contributed by atoms with E-state index in [2.05, 4.69) is 15.6 Å². The summed E-state index contributed by atoms with van der Waals surface area (Å²) in [6.45, 7) is 4.56. The maximum absolute atomic E-state index is 5.72. The predicted molar refractivity (Wildman–Crippen MR) is 78.3 cm³/mol. The fourth-order valence-electron chi connectivity index (χ4n) is 1.60.